The monoisotopic (exact) mass is 430 g/mol. The van der Waals surface area contributed by atoms with Crippen molar-refractivity contribution in [3.05, 3.63) is 54.6 Å². The molecule has 2 amide bonds. The minimum Gasteiger partial charge on any atom is -0.484 e. The molecule has 0 spiro atoms. The molecule has 7 nitrogen and oxygen atoms in total. The van der Waals surface area contributed by atoms with Gasteiger partial charge in [-0.1, -0.05) is 42.5 Å². The minimum absolute atomic E-state index is 0.0969. The molecule has 1 heterocycles. The van der Waals surface area contributed by atoms with E-state index in [-0.39, 0.29) is 12.5 Å². The van der Waals surface area contributed by atoms with Crippen LogP contribution < -0.4 is 10.1 Å². The summed E-state index contributed by atoms with van der Waals surface area (Å²) in [5, 5.41) is 1.74. The van der Waals surface area contributed by atoms with Crippen LogP contribution in [0.2, 0.25) is 0 Å². The molecule has 0 saturated carbocycles. The highest BCUT2D eigenvalue weighted by atomic mass is 32.2. The number of piperidine rings is 1. The van der Waals surface area contributed by atoms with Gasteiger partial charge in [0.25, 0.3) is 5.91 Å². The first-order chi connectivity index (χ1) is 14.4. The van der Waals surface area contributed by atoms with Crippen molar-refractivity contribution in [2.24, 2.45) is 0 Å². The van der Waals surface area contributed by atoms with Gasteiger partial charge in [0.1, 0.15) is 11.5 Å². The molecule has 1 aliphatic rings. The van der Waals surface area contributed by atoms with E-state index in [1.807, 2.05) is 54.6 Å². The quantitative estimate of drug-likeness (QED) is 0.724. The number of ether oxygens (including phenoxy) is 1. The zero-order valence-corrected chi connectivity index (χ0v) is 17.7. The molecular weight excluding hydrogens is 404 g/mol. The molecule has 1 aliphatic heterocycles. The molecule has 1 saturated heterocycles. The molecule has 0 unspecified atom stereocenters. The van der Waals surface area contributed by atoms with Crippen molar-refractivity contribution in [1.29, 1.82) is 0 Å². The second-order valence-electron chi connectivity index (χ2n) is 7.24. The number of rotatable bonds is 7. The van der Waals surface area contributed by atoms with Crippen molar-refractivity contribution in [3.63, 3.8) is 0 Å². The molecule has 3 rings (SSSR count). The van der Waals surface area contributed by atoms with E-state index in [9.17, 15) is 18.0 Å². The fourth-order valence-electron chi connectivity index (χ4n) is 3.45. The second kappa shape index (κ2) is 9.75. The highest BCUT2D eigenvalue weighted by Crippen LogP contribution is 2.22. The summed E-state index contributed by atoms with van der Waals surface area (Å²) in [4.78, 5) is 25.4. The molecule has 2 aromatic carbocycles. The second-order valence-corrected chi connectivity index (χ2v) is 9.52. The lowest BCUT2D eigenvalue weighted by Crippen LogP contribution is -2.45. The Morgan fingerprint density at radius 1 is 1.00 bits per heavy atom. The molecule has 0 aliphatic carbocycles. The number of benzene rings is 2. The Morgan fingerprint density at radius 3 is 2.20 bits per heavy atom. The Kier molecular flexibility index (Phi) is 7.10. The fourth-order valence-corrected chi connectivity index (χ4v) is 5.12. The van der Waals surface area contributed by atoms with E-state index in [2.05, 4.69) is 5.32 Å². The maximum Gasteiger partial charge on any atom is 0.260 e. The summed E-state index contributed by atoms with van der Waals surface area (Å²) in [5.74, 6) is -0.597. The summed E-state index contributed by atoms with van der Waals surface area (Å²) in [7, 11) is -2.10. The summed E-state index contributed by atoms with van der Waals surface area (Å²) in [6.07, 6.45) is 0.660. The molecule has 30 heavy (non-hydrogen) atoms. The van der Waals surface area contributed by atoms with Gasteiger partial charge >= 0.3 is 0 Å². The summed E-state index contributed by atoms with van der Waals surface area (Å²) in [6.45, 7) is 0.583. The average Bonchev–Trinajstić information content (AvgIpc) is 2.78. The number of carbonyl (C=O) groups is 2. The van der Waals surface area contributed by atoms with Crippen molar-refractivity contribution >= 4 is 21.7 Å². The summed E-state index contributed by atoms with van der Waals surface area (Å²) in [5.41, 5.74) is 2.17. The molecule has 2 aromatic rings. The lowest BCUT2D eigenvalue weighted by molar-refractivity contribution is -0.134. The highest BCUT2D eigenvalue weighted by Gasteiger charge is 2.32. The van der Waals surface area contributed by atoms with Gasteiger partial charge in [-0.3, -0.25) is 9.59 Å². The lowest BCUT2D eigenvalue weighted by Gasteiger charge is -2.31. The normalized spacial score (nSPS) is 14.9. The first-order valence-corrected chi connectivity index (χ1v) is 11.6. The number of nitrogens with one attached hydrogen (secondary N) is 1. The van der Waals surface area contributed by atoms with E-state index in [0.29, 0.717) is 31.7 Å². The standard InChI is InChI=1S/C22H26N2O5S/c1-23-21(25)16-30(27,28)20-11-13-24(14-12-20)22(26)15-29-19-9-7-18(8-10-19)17-5-3-2-4-6-17/h2-10,20H,11-16H2,1H3,(H,23,25). The molecule has 0 bridgehead atoms. The number of carbonyl (C=O) groups excluding carboxylic acids is 2. The van der Waals surface area contributed by atoms with Crippen LogP contribution in [0.3, 0.4) is 0 Å². The van der Waals surface area contributed by atoms with Gasteiger partial charge in [-0.05, 0) is 36.1 Å². The van der Waals surface area contributed by atoms with Gasteiger partial charge in [-0.2, -0.15) is 0 Å². The Morgan fingerprint density at radius 2 is 1.60 bits per heavy atom. The first-order valence-electron chi connectivity index (χ1n) is 9.87. The molecular formula is C22H26N2O5S. The van der Waals surface area contributed by atoms with Crippen LogP contribution in [0.25, 0.3) is 11.1 Å². The number of hydrogen-bond donors (Lipinski definition) is 1. The maximum atomic E-state index is 12.4. The van der Waals surface area contributed by atoms with E-state index < -0.39 is 26.7 Å². The largest absolute Gasteiger partial charge is 0.484 e. The lowest BCUT2D eigenvalue weighted by atomic mass is 10.1. The smallest absolute Gasteiger partial charge is 0.260 e. The van der Waals surface area contributed by atoms with Crippen molar-refractivity contribution in [2.75, 3.05) is 32.5 Å². The summed E-state index contributed by atoms with van der Waals surface area (Å²) in [6, 6.07) is 17.5. The van der Waals surface area contributed by atoms with Crippen molar-refractivity contribution in [3.8, 4) is 16.9 Å². The van der Waals surface area contributed by atoms with Crippen LogP contribution in [0.15, 0.2) is 54.6 Å². The topological polar surface area (TPSA) is 92.8 Å². The van der Waals surface area contributed by atoms with Crippen molar-refractivity contribution in [1.82, 2.24) is 10.2 Å². The SMILES string of the molecule is CNC(=O)CS(=O)(=O)C1CCN(C(=O)COc2ccc(-c3ccccc3)cc2)CC1. The van der Waals surface area contributed by atoms with Crippen LogP contribution >= 0.6 is 0 Å². The van der Waals surface area contributed by atoms with Gasteiger partial charge in [0.15, 0.2) is 16.4 Å². The highest BCUT2D eigenvalue weighted by molar-refractivity contribution is 7.92. The average molecular weight is 431 g/mol. The van der Waals surface area contributed by atoms with E-state index in [1.54, 1.807) is 4.90 Å². The predicted octanol–water partition coefficient (Wildman–Crippen LogP) is 1.88. The van der Waals surface area contributed by atoms with E-state index in [0.717, 1.165) is 11.1 Å². The van der Waals surface area contributed by atoms with Crippen LogP contribution in [0.4, 0.5) is 0 Å². The molecule has 0 radical (unpaired) electrons. The third kappa shape index (κ3) is 5.60. The zero-order chi connectivity index (χ0) is 21.6. The fraction of sp³-hybridized carbons (Fsp3) is 0.364. The van der Waals surface area contributed by atoms with Gasteiger partial charge in [-0.25, -0.2) is 8.42 Å². The number of amides is 2. The molecule has 160 valence electrons. The van der Waals surface area contributed by atoms with Crippen LogP contribution in [-0.2, 0) is 19.4 Å². The predicted molar refractivity (Wildman–Crippen MR) is 115 cm³/mol. The van der Waals surface area contributed by atoms with E-state index in [1.165, 1.54) is 7.05 Å². The Labute approximate surface area is 177 Å². The Hall–Kier alpha value is -2.87. The third-order valence-corrected chi connectivity index (χ3v) is 7.39. The number of nitrogens with zero attached hydrogens (tertiary/aromatic N) is 1. The van der Waals surface area contributed by atoms with Gasteiger partial charge in [0.05, 0.1) is 5.25 Å². The minimum atomic E-state index is -3.51. The third-order valence-electron chi connectivity index (χ3n) is 5.24. The first kappa shape index (κ1) is 21.8. The Balaban J connectivity index is 1.48. The number of likely N-dealkylation sites (tertiary alicyclic amines) is 1. The van der Waals surface area contributed by atoms with Crippen LogP contribution in [0.5, 0.6) is 5.75 Å². The van der Waals surface area contributed by atoms with Gasteiger partial charge in [0, 0.05) is 20.1 Å². The molecule has 0 aromatic heterocycles. The van der Waals surface area contributed by atoms with Gasteiger partial charge < -0.3 is 15.0 Å². The summed E-state index contributed by atoms with van der Waals surface area (Å²) < 4.78 is 30.2. The maximum absolute atomic E-state index is 12.4. The molecule has 8 heteroatoms. The van der Waals surface area contributed by atoms with Crippen molar-refractivity contribution in [2.45, 2.75) is 18.1 Å². The van der Waals surface area contributed by atoms with Crippen LogP contribution in [0, 0.1) is 0 Å². The Bertz CT molecular complexity index is 966. The molecule has 1 fully saturated rings. The van der Waals surface area contributed by atoms with Crippen molar-refractivity contribution < 1.29 is 22.7 Å². The zero-order valence-electron chi connectivity index (χ0n) is 16.9. The number of hydrogen-bond acceptors (Lipinski definition) is 5. The van der Waals surface area contributed by atoms with E-state index in [4.69, 9.17) is 4.74 Å². The van der Waals surface area contributed by atoms with Gasteiger partial charge in [-0.15, -0.1) is 0 Å². The van der Waals surface area contributed by atoms with E-state index >= 15 is 0 Å². The molecule has 0 atom stereocenters. The van der Waals surface area contributed by atoms with Crippen LogP contribution in [0.1, 0.15) is 12.8 Å². The number of sulfone groups is 1. The van der Waals surface area contributed by atoms with Gasteiger partial charge in [0.2, 0.25) is 5.91 Å². The molecule has 1 N–H and O–H groups in total. The van der Waals surface area contributed by atoms with Crippen LogP contribution in [-0.4, -0.2) is 62.9 Å². The summed E-state index contributed by atoms with van der Waals surface area (Å²) >= 11 is 0.